The van der Waals surface area contributed by atoms with Gasteiger partial charge in [0, 0.05) is 18.8 Å². The average molecular weight is 289 g/mol. The van der Waals surface area contributed by atoms with E-state index in [-0.39, 0.29) is 5.97 Å². The zero-order chi connectivity index (χ0) is 14.1. The Bertz CT molecular complexity index is 290. The number of esters is 1. The Morgan fingerprint density at radius 3 is 2.58 bits per heavy atom. The van der Waals surface area contributed by atoms with Crippen molar-refractivity contribution < 1.29 is 19.4 Å². The van der Waals surface area contributed by atoms with Crippen LogP contribution in [0.5, 0.6) is 0 Å². The van der Waals surface area contributed by atoms with E-state index in [4.69, 9.17) is 9.84 Å². The van der Waals surface area contributed by atoms with E-state index in [2.05, 4.69) is 0 Å². The molecule has 1 aliphatic heterocycles. The van der Waals surface area contributed by atoms with Crippen LogP contribution < -0.4 is 0 Å². The number of rotatable bonds is 7. The van der Waals surface area contributed by atoms with Crippen molar-refractivity contribution in [1.82, 2.24) is 4.90 Å². The molecule has 1 N–H and O–H groups in total. The third-order valence-electron chi connectivity index (χ3n) is 3.31. The molecule has 0 aromatic heterocycles. The molecule has 0 atom stereocenters. The van der Waals surface area contributed by atoms with E-state index in [0.717, 1.165) is 30.8 Å². The summed E-state index contributed by atoms with van der Waals surface area (Å²) in [6, 6.07) is 0. The molecular weight excluding hydrogens is 266 g/mol. The smallest absolute Gasteiger partial charge is 0.407 e. The maximum Gasteiger partial charge on any atom is 0.407 e. The van der Waals surface area contributed by atoms with Crippen LogP contribution in [-0.2, 0) is 9.53 Å². The lowest BCUT2D eigenvalue weighted by atomic mass is 9.95. The molecule has 1 heterocycles. The fourth-order valence-corrected chi connectivity index (χ4v) is 3.17. The van der Waals surface area contributed by atoms with Gasteiger partial charge in [0.25, 0.3) is 0 Å². The fourth-order valence-electron chi connectivity index (χ4n) is 2.15. The Morgan fingerprint density at radius 1 is 1.32 bits per heavy atom. The highest BCUT2D eigenvalue weighted by Gasteiger charge is 2.21. The second-order valence-corrected chi connectivity index (χ2v) is 5.89. The Morgan fingerprint density at radius 2 is 2.00 bits per heavy atom. The van der Waals surface area contributed by atoms with Gasteiger partial charge in [0.05, 0.1) is 13.0 Å². The standard InChI is InChI=1S/C13H23NO4S/c1-2-18-12(15)6-10-19-9-5-11-3-7-14(8-4-11)13(16)17/h11H,2-10H2,1H3,(H,16,17). The fraction of sp³-hybridized carbons (Fsp3) is 0.846. The number of amides is 1. The molecule has 1 aliphatic rings. The van der Waals surface area contributed by atoms with E-state index in [0.29, 0.717) is 32.0 Å². The molecular formula is C13H23NO4S. The topological polar surface area (TPSA) is 66.8 Å². The van der Waals surface area contributed by atoms with Crippen LogP contribution in [0.25, 0.3) is 0 Å². The number of hydrogen-bond acceptors (Lipinski definition) is 4. The van der Waals surface area contributed by atoms with Crippen molar-refractivity contribution in [2.75, 3.05) is 31.2 Å². The van der Waals surface area contributed by atoms with Gasteiger partial charge < -0.3 is 14.7 Å². The van der Waals surface area contributed by atoms with Crippen LogP contribution in [0.3, 0.4) is 0 Å². The van der Waals surface area contributed by atoms with Crippen molar-refractivity contribution in [3.05, 3.63) is 0 Å². The first-order valence-corrected chi connectivity index (χ1v) is 8.00. The highest BCUT2D eigenvalue weighted by Crippen LogP contribution is 2.22. The number of ether oxygens (including phenoxy) is 1. The Hall–Kier alpha value is -0.910. The number of carbonyl (C=O) groups is 2. The maximum atomic E-state index is 11.1. The summed E-state index contributed by atoms with van der Waals surface area (Å²) >= 11 is 1.78. The number of piperidine rings is 1. The van der Waals surface area contributed by atoms with Gasteiger partial charge in [-0.25, -0.2) is 4.79 Å². The Labute approximate surface area is 118 Å². The van der Waals surface area contributed by atoms with Crippen molar-refractivity contribution >= 4 is 23.8 Å². The molecule has 1 amide bonds. The molecule has 0 aliphatic carbocycles. The number of carboxylic acid groups (broad SMARTS) is 1. The lowest BCUT2D eigenvalue weighted by molar-refractivity contribution is -0.142. The predicted molar refractivity (Wildman–Crippen MR) is 75.5 cm³/mol. The SMILES string of the molecule is CCOC(=O)CCSCCC1CCN(C(=O)O)CC1. The molecule has 0 aromatic rings. The molecule has 0 unspecified atom stereocenters. The van der Waals surface area contributed by atoms with Gasteiger partial charge in [0.1, 0.15) is 0 Å². The van der Waals surface area contributed by atoms with Crippen LogP contribution in [0.4, 0.5) is 4.79 Å². The minimum absolute atomic E-state index is 0.121. The second kappa shape index (κ2) is 9.07. The first-order chi connectivity index (χ1) is 9.13. The summed E-state index contributed by atoms with van der Waals surface area (Å²) in [5.74, 6) is 2.36. The summed E-state index contributed by atoms with van der Waals surface area (Å²) in [5, 5.41) is 8.84. The van der Waals surface area contributed by atoms with Crippen molar-refractivity contribution in [2.24, 2.45) is 5.92 Å². The van der Waals surface area contributed by atoms with E-state index in [1.807, 2.05) is 6.92 Å². The minimum atomic E-state index is -0.803. The minimum Gasteiger partial charge on any atom is -0.466 e. The molecule has 0 aromatic carbocycles. The Kier molecular flexibility index (Phi) is 7.70. The van der Waals surface area contributed by atoms with Crippen molar-refractivity contribution in [3.63, 3.8) is 0 Å². The zero-order valence-corrected chi connectivity index (χ0v) is 12.3. The number of carbonyl (C=O) groups excluding carboxylic acids is 1. The second-order valence-electron chi connectivity index (χ2n) is 4.67. The van der Waals surface area contributed by atoms with Crippen molar-refractivity contribution in [1.29, 1.82) is 0 Å². The van der Waals surface area contributed by atoms with Gasteiger partial charge in [-0.05, 0) is 37.9 Å². The maximum absolute atomic E-state index is 11.1. The number of hydrogen-bond donors (Lipinski definition) is 1. The summed E-state index contributed by atoms with van der Waals surface area (Å²) in [4.78, 5) is 23.4. The third kappa shape index (κ3) is 6.71. The third-order valence-corrected chi connectivity index (χ3v) is 4.33. The van der Waals surface area contributed by atoms with Crippen LogP contribution >= 0.6 is 11.8 Å². The highest BCUT2D eigenvalue weighted by atomic mass is 32.2. The summed E-state index contributed by atoms with van der Waals surface area (Å²) < 4.78 is 4.86. The summed E-state index contributed by atoms with van der Waals surface area (Å²) in [6.07, 6.45) is 2.72. The summed E-state index contributed by atoms with van der Waals surface area (Å²) in [7, 11) is 0. The largest absolute Gasteiger partial charge is 0.466 e. The lowest BCUT2D eigenvalue weighted by Crippen LogP contribution is -2.37. The molecule has 110 valence electrons. The molecule has 0 spiro atoms. The van der Waals surface area contributed by atoms with E-state index < -0.39 is 6.09 Å². The highest BCUT2D eigenvalue weighted by molar-refractivity contribution is 7.99. The van der Waals surface area contributed by atoms with Gasteiger partial charge >= 0.3 is 12.1 Å². The molecule has 0 radical (unpaired) electrons. The monoisotopic (exact) mass is 289 g/mol. The molecule has 1 rings (SSSR count). The van der Waals surface area contributed by atoms with Gasteiger partial charge in [0.2, 0.25) is 0 Å². The van der Waals surface area contributed by atoms with Crippen molar-refractivity contribution in [2.45, 2.75) is 32.6 Å². The van der Waals surface area contributed by atoms with Crippen LogP contribution in [0.1, 0.15) is 32.6 Å². The van der Waals surface area contributed by atoms with Gasteiger partial charge in [-0.2, -0.15) is 11.8 Å². The molecule has 6 heteroatoms. The molecule has 19 heavy (non-hydrogen) atoms. The van der Waals surface area contributed by atoms with Crippen molar-refractivity contribution in [3.8, 4) is 0 Å². The predicted octanol–water partition coefficient (Wildman–Crippen LogP) is 2.45. The van der Waals surface area contributed by atoms with Crippen LogP contribution in [0.2, 0.25) is 0 Å². The quantitative estimate of drug-likeness (QED) is 0.576. The summed E-state index contributed by atoms with van der Waals surface area (Å²) in [5.41, 5.74) is 0. The van der Waals surface area contributed by atoms with E-state index in [1.165, 1.54) is 4.90 Å². The lowest BCUT2D eigenvalue weighted by Gasteiger charge is -2.29. The first-order valence-electron chi connectivity index (χ1n) is 6.84. The number of thioether (sulfide) groups is 1. The van der Waals surface area contributed by atoms with Gasteiger partial charge in [-0.3, -0.25) is 4.79 Å². The van der Waals surface area contributed by atoms with E-state index in [1.54, 1.807) is 11.8 Å². The molecule has 0 bridgehead atoms. The van der Waals surface area contributed by atoms with Crippen LogP contribution in [-0.4, -0.2) is 53.3 Å². The summed E-state index contributed by atoms with van der Waals surface area (Å²) in [6.45, 7) is 3.58. The molecule has 0 saturated carbocycles. The normalized spacial score (nSPS) is 16.4. The average Bonchev–Trinajstić information content (AvgIpc) is 2.39. The Balaban J connectivity index is 1.99. The van der Waals surface area contributed by atoms with E-state index >= 15 is 0 Å². The number of likely N-dealkylation sites (tertiary alicyclic amines) is 1. The molecule has 5 nitrogen and oxygen atoms in total. The van der Waals surface area contributed by atoms with Gasteiger partial charge in [0.15, 0.2) is 0 Å². The van der Waals surface area contributed by atoms with Gasteiger partial charge in [-0.15, -0.1) is 0 Å². The first kappa shape index (κ1) is 16.1. The van der Waals surface area contributed by atoms with Gasteiger partial charge in [-0.1, -0.05) is 0 Å². The number of nitrogens with zero attached hydrogens (tertiary/aromatic N) is 1. The zero-order valence-electron chi connectivity index (χ0n) is 11.5. The molecule has 1 saturated heterocycles. The van der Waals surface area contributed by atoms with Crippen LogP contribution in [0.15, 0.2) is 0 Å². The van der Waals surface area contributed by atoms with Crippen LogP contribution in [0, 0.1) is 5.92 Å². The molecule has 1 fully saturated rings. The van der Waals surface area contributed by atoms with E-state index in [9.17, 15) is 9.59 Å².